The molecule has 0 bridgehead atoms. The molecule has 1 aliphatic carbocycles. The third kappa shape index (κ3) is 2.65. The Morgan fingerprint density at radius 1 is 1.19 bits per heavy atom. The van der Waals surface area contributed by atoms with E-state index in [9.17, 15) is 0 Å². The van der Waals surface area contributed by atoms with Crippen molar-refractivity contribution in [3.8, 4) is 5.75 Å². The average molecular weight is 279 g/mol. The molecule has 3 rings (SSSR count). The van der Waals surface area contributed by atoms with Gasteiger partial charge in [0.2, 0.25) is 0 Å². The largest absolute Gasteiger partial charge is 0.497 e. The first-order chi connectivity index (χ1) is 10.3. The number of hydrazone groups is 1. The lowest BCUT2D eigenvalue weighted by molar-refractivity contribution is 0.414. The molecule has 1 aromatic heterocycles. The summed E-state index contributed by atoms with van der Waals surface area (Å²) in [6, 6.07) is 10.0. The Morgan fingerprint density at radius 2 is 2.00 bits per heavy atom. The van der Waals surface area contributed by atoms with Crippen LogP contribution in [-0.2, 0) is 6.42 Å². The van der Waals surface area contributed by atoms with Gasteiger partial charge >= 0.3 is 0 Å². The van der Waals surface area contributed by atoms with Crippen molar-refractivity contribution < 1.29 is 4.74 Å². The lowest BCUT2D eigenvalue weighted by atomic mass is 9.85. The van der Waals surface area contributed by atoms with Crippen LogP contribution in [0.15, 0.2) is 53.4 Å². The number of hydrogen-bond donors (Lipinski definition) is 1. The van der Waals surface area contributed by atoms with Gasteiger partial charge in [-0.3, -0.25) is 4.98 Å². The number of methoxy groups -OCH3 is 1. The Hall–Kier alpha value is -2.62. The fraction of sp³-hybridized carbons (Fsp3) is 0.176. The number of rotatable bonds is 2. The summed E-state index contributed by atoms with van der Waals surface area (Å²) in [6.07, 6.45) is 7.60. The number of hydrogen-bond acceptors (Lipinski definition) is 4. The first-order valence-electron chi connectivity index (χ1n) is 6.88. The number of nitrogens with two attached hydrogens (primary N) is 1. The molecule has 0 aliphatic heterocycles. The van der Waals surface area contributed by atoms with Crippen LogP contribution in [0, 0.1) is 0 Å². The quantitative estimate of drug-likeness (QED) is 0.679. The van der Waals surface area contributed by atoms with Gasteiger partial charge in [-0.1, -0.05) is 6.07 Å². The second kappa shape index (κ2) is 5.79. The monoisotopic (exact) mass is 279 g/mol. The minimum Gasteiger partial charge on any atom is -0.497 e. The van der Waals surface area contributed by atoms with Crippen molar-refractivity contribution in [2.45, 2.75) is 12.8 Å². The van der Waals surface area contributed by atoms with Gasteiger partial charge in [0.05, 0.1) is 12.8 Å². The van der Waals surface area contributed by atoms with Gasteiger partial charge in [0.25, 0.3) is 0 Å². The highest BCUT2D eigenvalue weighted by molar-refractivity contribution is 6.16. The highest BCUT2D eigenvalue weighted by Gasteiger charge is 2.20. The number of aryl methyl sites for hydroxylation is 1. The second-order valence-corrected chi connectivity index (χ2v) is 4.95. The second-order valence-electron chi connectivity index (χ2n) is 4.95. The summed E-state index contributed by atoms with van der Waals surface area (Å²) in [5, 5.41) is 4.02. The fourth-order valence-corrected chi connectivity index (χ4v) is 2.64. The van der Waals surface area contributed by atoms with Crippen LogP contribution in [0.4, 0.5) is 0 Å². The molecule has 0 amide bonds. The highest BCUT2D eigenvalue weighted by Crippen LogP contribution is 2.29. The van der Waals surface area contributed by atoms with Crippen molar-refractivity contribution in [2.24, 2.45) is 10.9 Å². The van der Waals surface area contributed by atoms with Gasteiger partial charge in [0, 0.05) is 18.0 Å². The van der Waals surface area contributed by atoms with Gasteiger partial charge in [-0.2, -0.15) is 5.10 Å². The number of ether oxygens (including phenoxy) is 1. The third-order valence-corrected chi connectivity index (χ3v) is 3.72. The molecule has 0 atom stereocenters. The molecular weight excluding hydrogens is 262 g/mol. The molecule has 1 aliphatic rings. The summed E-state index contributed by atoms with van der Waals surface area (Å²) in [7, 11) is 1.66. The molecule has 2 aromatic rings. The maximum absolute atomic E-state index is 5.65. The Morgan fingerprint density at radius 3 is 2.71 bits per heavy atom. The summed E-state index contributed by atoms with van der Waals surface area (Å²) in [4.78, 5) is 4.04. The van der Waals surface area contributed by atoms with E-state index in [4.69, 9.17) is 10.6 Å². The number of benzene rings is 1. The van der Waals surface area contributed by atoms with Gasteiger partial charge in [-0.05, 0) is 59.9 Å². The molecule has 0 saturated carbocycles. The molecule has 4 nitrogen and oxygen atoms in total. The predicted octanol–water partition coefficient (Wildman–Crippen LogP) is 2.78. The Labute approximate surface area is 124 Å². The van der Waals surface area contributed by atoms with Gasteiger partial charge in [0.15, 0.2) is 0 Å². The summed E-state index contributed by atoms with van der Waals surface area (Å²) >= 11 is 0. The summed E-state index contributed by atoms with van der Waals surface area (Å²) in [5.74, 6) is 6.47. The molecule has 106 valence electrons. The molecular formula is C17H17N3O. The topological polar surface area (TPSA) is 60.5 Å². The fourth-order valence-electron chi connectivity index (χ4n) is 2.64. The molecule has 0 spiro atoms. The summed E-state index contributed by atoms with van der Waals surface area (Å²) < 4.78 is 5.30. The molecule has 0 saturated heterocycles. The van der Waals surface area contributed by atoms with E-state index >= 15 is 0 Å². The third-order valence-electron chi connectivity index (χ3n) is 3.72. The smallest absolute Gasteiger partial charge is 0.119 e. The van der Waals surface area contributed by atoms with Crippen molar-refractivity contribution in [1.82, 2.24) is 4.98 Å². The van der Waals surface area contributed by atoms with Crippen LogP contribution in [-0.4, -0.2) is 17.8 Å². The van der Waals surface area contributed by atoms with E-state index in [0.717, 1.165) is 41.0 Å². The van der Waals surface area contributed by atoms with E-state index in [1.807, 2.05) is 24.3 Å². The highest BCUT2D eigenvalue weighted by atomic mass is 16.5. The first-order valence-corrected chi connectivity index (χ1v) is 6.88. The predicted molar refractivity (Wildman–Crippen MR) is 84.3 cm³/mol. The van der Waals surface area contributed by atoms with Crippen LogP contribution in [0.25, 0.3) is 6.08 Å². The SMILES string of the molecule is COc1ccc2c(c1)C(=N/N)/C(=C/c1ccncc1)CC2. The zero-order chi connectivity index (χ0) is 14.7. The van der Waals surface area contributed by atoms with Crippen LogP contribution < -0.4 is 10.6 Å². The normalized spacial score (nSPS) is 17.8. The summed E-state index contributed by atoms with van der Waals surface area (Å²) in [6.45, 7) is 0. The lowest BCUT2D eigenvalue weighted by Crippen LogP contribution is -2.17. The first kappa shape index (κ1) is 13.4. The zero-order valence-corrected chi connectivity index (χ0v) is 11.9. The van der Waals surface area contributed by atoms with Crippen molar-refractivity contribution in [2.75, 3.05) is 7.11 Å². The average Bonchev–Trinajstić information content (AvgIpc) is 2.55. The molecule has 1 aromatic carbocycles. The van der Waals surface area contributed by atoms with Crippen LogP contribution in [0.2, 0.25) is 0 Å². The van der Waals surface area contributed by atoms with Gasteiger partial charge in [0.1, 0.15) is 5.75 Å². The lowest BCUT2D eigenvalue weighted by Gasteiger charge is -2.21. The molecule has 0 unspecified atom stereocenters. The van der Waals surface area contributed by atoms with Crippen LogP contribution in [0.5, 0.6) is 5.75 Å². The number of nitrogens with zero attached hydrogens (tertiary/aromatic N) is 2. The molecule has 0 fully saturated rings. The zero-order valence-electron chi connectivity index (χ0n) is 11.9. The van der Waals surface area contributed by atoms with Gasteiger partial charge in [-0.25, -0.2) is 0 Å². The Bertz CT molecular complexity index is 705. The number of pyridine rings is 1. The minimum atomic E-state index is 0.820. The van der Waals surface area contributed by atoms with E-state index in [1.54, 1.807) is 19.5 Å². The van der Waals surface area contributed by atoms with E-state index in [1.165, 1.54) is 5.56 Å². The van der Waals surface area contributed by atoms with Crippen LogP contribution in [0.1, 0.15) is 23.1 Å². The molecule has 0 radical (unpaired) electrons. The van der Waals surface area contributed by atoms with E-state index in [0.29, 0.717) is 0 Å². The van der Waals surface area contributed by atoms with E-state index < -0.39 is 0 Å². The van der Waals surface area contributed by atoms with Crippen LogP contribution in [0.3, 0.4) is 0 Å². The Balaban J connectivity index is 2.04. The van der Waals surface area contributed by atoms with Gasteiger partial charge < -0.3 is 10.6 Å². The Kier molecular flexibility index (Phi) is 3.69. The van der Waals surface area contributed by atoms with E-state index in [-0.39, 0.29) is 0 Å². The maximum atomic E-state index is 5.65. The van der Waals surface area contributed by atoms with Crippen LogP contribution >= 0.6 is 0 Å². The maximum Gasteiger partial charge on any atom is 0.119 e. The molecule has 2 N–H and O–H groups in total. The number of allylic oxidation sites excluding steroid dienone is 1. The van der Waals surface area contributed by atoms with Crippen molar-refractivity contribution >= 4 is 11.8 Å². The molecule has 4 heteroatoms. The number of aromatic nitrogens is 1. The van der Waals surface area contributed by atoms with Crippen molar-refractivity contribution in [1.29, 1.82) is 0 Å². The number of fused-ring (bicyclic) bond motifs is 1. The van der Waals surface area contributed by atoms with Gasteiger partial charge in [-0.15, -0.1) is 0 Å². The van der Waals surface area contributed by atoms with Crippen molar-refractivity contribution in [3.05, 3.63) is 65.0 Å². The molecule has 21 heavy (non-hydrogen) atoms. The van der Waals surface area contributed by atoms with E-state index in [2.05, 4.69) is 22.2 Å². The minimum absolute atomic E-state index is 0.820. The van der Waals surface area contributed by atoms with Crippen molar-refractivity contribution in [3.63, 3.8) is 0 Å². The molecule has 1 heterocycles. The standard InChI is InChI=1S/C17H17N3O/c1-21-15-5-4-13-2-3-14(17(20-18)16(13)11-15)10-12-6-8-19-9-7-12/h4-11H,2-3,18H2,1H3/b14-10+,20-17+. The summed E-state index contributed by atoms with van der Waals surface area (Å²) in [5.41, 5.74) is 5.40.